The Morgan fingerprint density at radius 1 is 0.339 bits per heavy atom. The van der Waals surface area contributed by atoms with Gasteiger partial charge in [-0.2, -0.15) is 9.97 Å². The first-order valence-corrected chi connectivity index (χ1v) is 22.4. The molecule has 0 bridgehead atoms. The zero-order valence-electron chi connectivity index (χ0n) is 33.0. The number of rotatable bonds is 4. The van der Waals surface area contributed by atoms with Crippen LogP contribution in [0.15, 0.2) is 188 Å². The van der Waals surface area contributed by atoms with Gasteiger partial charge in [-0.25, -0.2) is 4.98 Å². The van der Waals surface area contributed by atoms with Crippen molar-refractivity contribution in [3.63, 3.8) is 0 Å². The van der Waals surface area contributed by atoms with Gasteiger partial charge < -0.3 is 4.57 Å². The predicted octanol–water partition coefficient (Wildman–Crippen LogP) is 15.3. The third-order valence-corrected chi connectivity index (χ3v) is 15.0. The molecule has 0 aliphatic heterocycles. The summed E-state index contributed by atoms with van der Waals surface area (Å²) in [5.41, 5.74) is 7.57. The summed E-state index contributed by atoms with van der Waals surface area (Å²) in [5, 5.41) is 12.1. The summed E-state index contributed by atoms with van der Waals surface area (Å²) in [6, 6.07) is 67.7. The second-order valence-corrected chi connectivity index (χ2v) is 18.0. The molecular formula is C55H31N5S2. The summed E-state index contributed by atoms with van der Waals surface area (Å²) in [4.78, 5) is 16.4. The van der Waals surface area contributed by atoms with Gasteiger partial charge in [-0.15, -0.1) is 22.7 Å². The Morgan fingerprint density at radius 2 is 0.855 bits per heavy atom. The highest BCUT2D eigenvalue weighted by Crippen LogP contribution is 2.46. The highest BCUT2D eigenvalue weighted by atomic mass is 32.1. The number of hydrogen-bond acceptors (Lipinski definition) is 5. The first-order chi connectivity index (χ1) is 30.7. The monoisotopic (exact) mass is 825 g/mol. The molecule has 14 rings (SSSR count). The minimum atomic E-state index is 0.591. The summed E-state index contributed by atoms with van der Waals surface area (Å²) >= 11 is 3.60. The fourth-order valence-corrected chi connectivity index (χ4v) is 12.3. The molecule has 0 spiro atoms. The van der Waals surface area contributed by atoms with Crippen molar-refractivity contribution >= 4 is 117 Å². The van der Waals surface area contributed by atoms with Crippen LogP contribution in [0.25, 0.3) is 129 Å². The van der Waals surface area contributed by atoms with Crippen molar-refractivity contribution in [2.45, 2.75) is 0 Å². The molecule has 0 aliphatic rings. The van der Waals surface area contributed by atoms with Gasteiger partial charge in [-0.1, -0.05) is 127 Å². The van der Waals surface area contributed by atoms with Gasteiger partial charge in [0.2, 0.25) is 5.95 Å². The van der Waals surface area contributed by atoms with E-state index in [0.717, 1.165) is 43.3 Å². The summed E-state index contributed by atoms with van der Waals surface area (Å²) in [5.74, 6) is 1.88. The summed E-state index contributed by atoms with van der Waals surface area (Å²) in [7, 11) is 0. The average molecular weight is 826 g/mol. The molecule has 0 saturated carbocycles. The Hall–Kier alpha value is -7.71. The number of benzene rings is 9. The van der Waals surface area contributed by atoms with Crippen molar-refractivity contribution in [1.29, 1.82) is 0 Å². The number of nitrogens with zero attached hydrogens (tertiary/aromatic N) is 5. The van der Waals surface area contributed by atoms with Gasteiger partial charge in [0.05, 0.1) is 27.8 Å². The lowest BCUT2D eigenvalue weighted by molar-refractivity contribution is 0.955. The molecule has 0 fully saturated rings. The van der Waals surface area contributed by atoms with E-state index >= 15 is 0 Å². The number of para-hydroxylation sites is 3. The lowest BCUT2D eigenvalue weighted by Gasteiger charge is -2.14. The molecule has 9 aromatic carbocycles. The van der Waals surface area contributed by atoms with E-state index in [-0.39, 0.29) is 0 Å². The van der Waals surface area contributed by atoms with Crippen LogP contribution in [0.5, 0.6) is 0 Å². The van der Waals surface area contributed by atoms with E-state index in [1.165, 1.54) is 68.2 Å². The van der Waals surface area contributed by atoms with Crippen LogP contribution in [-0.2, 0) is 0 Å². The molecule has 288 valence electrons. The van der Waals surface area contributed by atoms with Gasteiger partial charge in [0.1, 0.15) is 0 Å². The molecule has 0 saturated heterocycles. The fraction of sp³-hybridized carbons (Fsp3) is 0. The number of thiophene rings is 2. The van der Waals surface area contributed by atoms with Crippen molar-refractivity contribution in [2.24, 2.45) is 0 Å². The maximum Gasteiger partial charge on any atom is 0.238 e. The van der Waals surface area contributed by atoms with E-state index in [9.17, 15) is 0 Å². The van der Waals surface area contributed by atoms with Gasteiger partial charge in [0.25, 0.3) is 0 Å². The first-order valence-electron chi connectivity index (χ1n) is 20.8. The van der Waals surface area contributed by atoms with Crippen LogP contribution in [0.4, 0.5) is 0 Å². The molecule has 62 heavy (non-hydrogen) atoms. The molecule has 0 unspecified atom stereocenters. The van der Waals surface area contributed by atoms with E-state index in [4.69, 9.17) is 15.0 Å². The van der Waals surface area contributed by atoms with Gasteiger partial charge in [0, 0.05) is 73.0 Å². The normalized spacial score (nSPS) is 12.2. The second-order valence-electron chi connectivity index (χ2n) is 15.9. The minimum absolute atomic E-state index is 0.591. The predicted molar refractivity (Wildman–Crippen MR) is 263 cm³/mol. The van der Waals surface area contributed by atoms with Crippen LogP contribution < -0.4 is 0 Å². The van der Waals surface area contributed by atoms with Crippen molar-refractivity contribution in [3.8, 4) is 34.4 Å². The Labute approximate surface area is 362 Å². The van der Waals surface area contributed by atoms with Gasteiger partial charge in [-0.05, 0) is 71.4 Å². The van der Waals surface area contributed by atoms with Crippen LogP contribution in [0.3, 0.4) is 0 Å². The molecule has 0 radical (unpaired) electrons. The molecule has 0 atom stereocenters. The molecular weight excluding hydrogens is 795 g/mol. The van der Waals surface area contributed by atoms with E-state index in [1.807, 2.05) is 0 Å². The zero-order chi connectivity index (χ0) is 40.5. The third kappa shape index (κ3) is 4.80. The quantitative estimate of drug-likeness (QED) is 0.178. The Morgan fingerprint density at radius 3 is 1.56 bits per heavy atom. The van der Waals surface area contributed by atoms with E-state index in [2.05, 4.69) is 197 Å². The van der Waals surface area contributed by atoms with Crippen molar-refractivity contribution in [1.82, 2.24) is 24.1 Å². The lowest BCUT2D eigenvalue weighted by atomic mass is 10.0. The van der Waals surface area contributed by atoms with Gasteiger partial charge in [0.15, 0.2) is 11.6 Å². The van der Waals surface area contributed by atoms with E-state index < -0.39 is 0 Å². The van der Waals surface area contributed by atoms with Crippen LogP contribution in [-0.4, -0.2) is 24.1 Å². The highest BCUT2D eigenvalue weighted by Gasteiger charge is 2.24. The third-order valence-electron chi connectivity index (χ3n) is 12.6. The van der Waals surface area contributed by atoms with Crippen LogP contribution in [0.2, 0.25) is 0 Å². The average Bonchev–Trinajstić information content (AvgIpc) is 4.08. The Bertz CT molecular complexity index is 4130. The van der Waals surface area contributed by atoms with Gasteiger partial charge in [-0.3, -0.25) is 4.57 Å². The Balaban J connectivity index is 1.09. The largest absolute Gasteiger partial charge is 0.309 e. The smallest absolute Gasteiger partial charge is 0.238 e. The topological polar surface area (TPSA) is 48.5 Å². The molecule has 0 aliphatic carbocycles. The number of aromatic nitrogens is 5. The molecule has 0 N–H and O–H groups in total. The standard InChI is InChI=1S/C55H31N5S2/c1-2-15-33-31-47-42(30-32(33)14-1)36-18-5-8-23-43(36)59(47)46-29-28-41(52-50(46)39-20-7-12-27-49(39)62-52)54-56-53(40-22-13-21-38-37-19-6-11-26-48(37)61-51(38)40)57-55(58-54)60-44-24-9-3-16-34(44)35-17-4-10-25-45(35)60/h1-31H. The van der Waals surface area contributed by atoms with Crippen LogP contribution >= 0.6 is 22.7 Å². The van der Waals surface area contributed by atoms with Crippen LogP contribution in [0, 0.1) is 0 Å². The number of fused-ring (bicyclic) bond motifs is 13. The fourth-order valence-electron chi connectivity index (χ4n) is 9.85. The lowest BCUT2D eigenvalue weighted by Crippen LogP contribution is -2.06. The van der Waals surface area contributed by atoms with Crippen molar-refractivity contribution < 1.29 is 0 Å². The van der Waals surface area contributed by atoms with Crippen LogP contribution in [0.1, 0.15) is 0 Å². The SMILES string of the molecule is c1ccc2cc3c(cc2c1)c1ccccc1n3-c1ccc(-c2nc(-c3cccc4c3sc3ccccc34)nc(-n3c4ccccc4c4ccccc43)n2)c2sc3ccccc3c12. The highest BCUT2D eigenvalue weighted by molar-refractivity contribution is 7.26. The number of hydrogen-bond donors (Lipinski definition) is 0. The molecule has 5 aromatic heterocycles. The minimum Gasteiger partial charge on any atom is -0.309 e. The molecule has 5 heterocycles. The molecule has 7 heteroatoms. The molecule has 0 amide bonds. The second kappa shape index (κ2) is 12.9. The zero-order valence-corrected chi connectivity index (χ0v) is 34.6. The van der Waals surface area contributed by atoms with E-state index in [1.54, 1.807) is 22.7 Å². The maximum atomic E-state index is 5.49. The molecule has 5 nitrogen and oxygen atoms in total. The van der Waals surface area contributed by atoms with Crippen molar-refractivity contribution in [3.05, 3.63) is 188 Å². The van der Waals surface area contributed by atoms with Gasteiger partial charge >= 0.3 is 0 Å². The summed E-state index contributed by atoms with van der Waals surface area (Å²) in [6.45, 7) is 0. The van der Waals surface area contributed by atoms with Crippen molar-refractivity contribution in [2.75, 3.05) is 0 Å². The maximum absolute atomic E-state index is 5.49. The summed E-state index contributed by atoms with van der Waals surface area (Å²) in [6.07, 6.45) is 0. The summed E-state index contributed by atoms with van der Waals surface area (Å²) < 4.78 is 9.44. The Kier molecular flexibility index (Phi) is 7.08. The first kappa shape index (κ1) is 34.0. The molecule has 14 aromatic rings. The van der Waals surface area contributed by atoms with E-state index in [0.29, 0.717) is 17.6 Å².